The number of carbonyl (C=O) groups is 1. The molecule has 1 amide bonds. The zero-order valence-electron chi connectivity index (χ0n) is 19.6. The van der Waals surface area contributed by atoms with E-state index in [-0.39, 0.29) is 42.8 Å². The number of benzene rings is 1. The van der Waals surface area contributed by atoms with E-state index in [9.17, 15) is 13.2 Å². The topological polar surface area (TPSA) is 86.7 Å². The average Bonchev–Trinajstić information content (AvgIpc) is 3.33. The van der Waals surface area contributed by atoms with E-state index in [1.54, 1.807) is 4.90 Å². The minimum atomic E-state index is -3.67. The van der Waals surface area contributed by atoms with Gasteiger partial charge in [0.25, 0.3) is 5.91 Å². The zero-order valence-corrected chi connectivity index (χ0v) is 21.1. The minimum Gasteiger partial charge on any atom is -0.341 e. The predicted molar refractivity (Wildman–Crippen MR) is 129 cm³/mol. The van der Waals surface area contributed by atoms with Crippen molar-refractivity contribution >= 4 is 33.5 Å². The molecule has 2 aliphatic rings. The van der Waals surface area contributed by atoms with Gasteiger partial charge >= 0.3 is 0 Å². The van der Waals surface area contributed by atoms with E-state index in [0.717, 1.165) is 48.2 Å². The van der Waals surface area contributed by atoms with Crippen LogP contribution in [-0.2, 0) is 10.0 Å². The summed E-state index contributed by atoms with van der Waals surface area (Å²) in [5.41, 5.74) is 3.64. The van der Waals surface area contributed by atoms with Crippen molar-refractivity contribution in [2.75, 3.05) is 44.2 Å². The van der Waals surface area contributed by atoms with Crippen LogP contribution in [0.25, 0.3) is 0 Å². The van der Waals surface area contributed by atoms with Crippen molar-refractivity contribution in [2.45, 2.75) is 45.4 Å². The number of hydrogen-bond acceptors (Lipinski definition) is 6. The summed E-state index contributed by atoms with van der Waals surface area (Å²) < 4.78 is 28.5. The first-order chi connectivity index (χ1) is 15.6. The number of carbonyl (C=O) groups excluding carboxylic acids is 1. The lowest BCUT2D eigenvalue weighted by atomic mass is 10.0. The Morgan fingerprint density at radius 1 is 0.939 bits per heavy atom. The number of anilines is 1. The van der Waals surface area contributed by atoms with Crippen LogP contribution in [0.4, 0.5) is 5.95 Å². The molecule has 0 aliphatic carbocycles. The molecule has 8 nitrogen and oxygen atoms in total. The molecule has 1 aromatic heterocycles. The first-order valence-electron chi connectivity index (χ1n) is 11.3. The van der Waals surface area contributed by atoms with Gasteiger partial charge in [0.1, 0.15) is 0 Å². The van der Waals surface area contributed by atoms with Crippen molar-refractivity contribution in [1.29, 1.82) is 0 Å². The van der Waals surface area contributed by atoms with Gasteiger partial charge in [0.15, 0.2) is 5.69 Å². The molecule has 0 N–H and O–H groups in total. The quantitative estimate of drug-likeness (QED) is 0.653. The van der Waals surface area contributed by atoms with Gasteiger partial charge in [-0.25, -0.2) is 18.4 Å². The van der Waals surface area contributed by atoms with Crippen molar-refractivity contribution in [3.8, 4) is 0 Å². The highest BCUT2D eigenvalue weighted by Gasteiger charge is 2.34. The second-order valence-electron chi connectivity index (χ2n) is 8.85. The second-order valence-corrected chi connectivity index (χ2v) is 11.1. The van der Waals surface area contributed by atoms with Gasteiger partial charge in [-0.2, -0.15) is 4.31 Å². The molecule has 3 heterocycles. The third-order valence-electron chi connectivity index (χ3n) is 6.74. The van der Waals surface area contributed by atoms with E-state index < -0.39 is 10.0 Å². The summed E-state index contributed by atoms with van der Waals surface area (Å²) in [5, 5.41) is 0.208. The summed E-state index contributed by atoms with van der Waals surface area (Å²) in [6.45, 7) is 10.3. The van der Waals surface area contributed by atoms with Crippen molar-refractivity contribution in [2.24, 2.45) is 0 Å². The van der Waals surface area contributed by atoms with E-state index >= 15 is 0 Å². The Morgan fingerprint density at radius 2 is 1.52 bits per heavy atom. The number of aryl methyl sites for hydroxylation is 2. The van der Waals surface area contributed by atoms with Crippen LogP contribution < -0.4 is 4.90 Å². The predicted octanol–water partition coefficient (Wildman–Crippen LogP) is 3.11. The van der Waals surface area contributed by atoms with Gasteiger partial charge < -0.3 is 9.80 Å². The first kappa shape index (κ1) is 23.9. The molecule has 0 unspecified atom stereocenters. The highest BCUT2D eigenvalue weighted by Crippen LogP contribution is 2.29. The van der Waals surface area contributed by atoms with Gasteiger partial charge in [0.2, 0.25) is 16.0 Å². The number of aromatic nitrogens is 2. The fraction of sp³-hybridized carbons (Fsp3) is 0.522. The highest BCUT2D eigenvalue weighted by molar-refractivity contribution is 7.89. The summed E-state index contributed by atoms with van der Waals surface area (Å²) in [6.07, 6.45) is 3.62. The van der Waals surface area contributed by atoms with Crippen molar-refractivity contribution in [3.05, 3.63) is 45.2 Å². The maximum atomic E-state index is 13.5. The Morgan fingerprint density at radius 3 is 2.09 bits per heavy atom. The second kappa shape index (κ2) is 9.19. The largest absolute Gasteiger partial charge is 0.341 e. The molecule has 0 radical (unpaired) electrons. The van der Waals surface area contributed by atoms with Crippen LogP contribution in [0.3, 0.4) is 0 Å². The molecular formula is C23H30ClN5O3S. The minimum absolute atomic E-state index is 0.172. The zero-order chi connectivity index (χ0) is 23.9. The Kier molecular flexibility index (Phi) is 6.66. The Bertz CT molecular complexity index is 1160. The van der Waals surface area contributed by atoms with Crippen molar-refractivity contribution in [3.63, 3.8) is 0 Å². The van der Waals surface area contributed by atoms with E-state index in [2.05, 4.69) is 9.97 Å². The first-order valence-corrected chi connectivity index (χ1v) is 13.1. The molecule has 10 heteroatoms. The molecule has 0 atom stereocenters. The lowest BCUT2D eigenvalue weighted by Gasteiger charge is -2.34. The van der Waals surface area contributed by atoms with Gasteiger partial charge in [-0.15, -0.1) is 0 Å². The van der Waals surface area contributed by atoms with E-state index in [1.807, 2.05) is 38.7 Å². The van der Waals surface area contributed by atoms with Gasteiger partial charge in [0, 0.05) is 39.3 Å². The number of hydrogen-bond donors (Lipinski definition) is 0. The molecule has 1 aromatic carbocycles. The van der Waals surface area contributed by atoms with Gasteiger partial charge in [-0.1, -0.05) is 17.7 Å². The van der Waals surface area contributed by atoms with Gasteiger partial charge in [-0.05, 0) is 62.8 Å². The van der Waals surface area contributed by atoms with Gasteiger partial charge in [-0.3, -0.25) is 4.79 Å². The number of piperazine rings is 1. The fourth-order valence-corrected chi connectivity index (χ4v) is 6.73. The molecule has 2 aliphatic heterocycles. The average molecular weight is 492 g/mol. The maximum absolute atomic E-state index is 13.5. The third kappa shape index (κ3) is 4.46. The SMILES string of the molecule is Cc1cc(C)c(C)c(S(=O)(=O)N2CCN(C(=O)c3nc(N4CCCC4)ncc3Cl)CC2)c1C. The summed E-state index contributed by atoms with van der Waals surface area (Å²) in [5.74, 6) is 0.223. The van der Waals surface area contributed by atoms with Crippen molar-refractivity contribution in [1.82, 2.24) is 19.2 Å². The van der Waals surface area contributed by atoms with Gasteiger partial charge in [0.05, 0.1) is 16.1 Å². The molecule has 0 saturated carbocycles. The van der Waals surface area contributed by atoms with Crippen LogP contribution in [-0.4, -0.2) is 72.8 Å². The number of nitrogens with zero attached hydrogens (tertiary/aromatic N) is 5. The third-order valence-corrected chi connectivity index (χ3v) is 9.19. The lowest BCUT2D eigenvalue weighted by Crippen LogP contribution is -2.51. The van der Waals surface area contributed by atoms with E-state index in [1.165, 1.54) is 10.5 Å². The summed E-state index contributed by atoms with van der Waals surface area (Å²) in [4.78, 5) is 26.0. The molecule has 178 valence electrons. The molecule has 33 heavy (non-hydrogen) atoms. The monoisotopic (exact) mass is 491 g/mol. The molecule has 2 saturated heterocycles. The van der Waals surface area contributed by atoms with Crippen LogP contribution in [0, 0.1) is 27.7 Å². The standard InChI is InChI=1S/C23H30ClN5O3S/c1-15-13-16(2)18(4)21(17(15)3)33(31,32)29-11-9-27(10-12-29)22(30)20-19(24)14-25-23(26-20)28-7-5-6-8-28/h13-14H,5-12H2,1-4H3. The summed E-state index contributed by atoms with van der Waals surface area (Å²) in [7, 11) is -3.67. The van der Waals surface area contributed by atoms with Crippen LogP contribution >= 0.6 is 11.6 Å². The van der Waals surface area contributed by atoms with Crippen LogP contribution in [0.5, 0.6) is 0 Å². The van der Waals surface area contributed by atoms with Crippen LogP contribution in [0.15, 0.2) is 17.2 Å². The summed E-state index contributed by atoms with van der Waals surface area (Å²) in [6, 6.07) is 2.02. The number of halogens is 1. The molecule has 4 rings (SSSR count). The molecule has 2 fully saturated rings. The Balaban J connectivity index is 1.52. The normalized spacial score (nSPS) is 17.6. The van der Waals surface area contributed by atoms with Crippen molar-refractivity contribution < 1.29 is 13.2 Å². The highest BCUT2D eigenvalue weighted by atomic mass is 35.5. The van der Waals surface area contributed by atoms with Crippen LogP contribution in [0.2, 0.25) is 5.02 Å². The molecular weight excluding hydrogens is 462 g/mol. The Labute approximate surface area is 200 Å². The number of rotatable bonds is 4. The van der Waals surface area contributed by atoms with E-state index in [0.29, 0.717) is 10.8 Å². The number of amides is 1. The lowest BCUT2D eigenvalue weighted by molar-refractivity contribution is 0.0692. The molecule has 0 spiro atoms. The number of sulfonamides is 1. The summed E-state index contributed by atoms with van der Waals surface area (Å²) >= 11 is 6.27. The molecule has 0 bridgehead atoms. The van der Waals surface area contributed by atoms with Crippen LogP contribution in [0.1, 0.15) is 45.6 Å². The maximum Gasteiger partial charge on any atom is 0.274 e. The fourth-order valence-electron chi connectivity index (χ4n) is 4.56. The molecule has 2 aromatic rings. The van der Waals surface area contributed by atoms with E-state index in [4.69, 9.17) is 11.6 Å². The smallest absolute Gasteiger partial charge is 0.274 e. The Hall–Kier alpha value is -2.23.